The first-order chi connectivity index (χ1) is 16.7. The third kappa shape index (κ3) is 5.12. The van der Waals surface area contributed by atoms with Crippen LogP contribution in [0.3, 0.4) is 0 Å². The molecular weight excluding hydrogens is 479 g/mol. The molecule has 0 saturated carbocycles. The van der Waals surface area contributed by atoms with E-state index in [0.717, 1.165) is 39.9 Å². The zero-order chi connectivity index (χ0) is 25.2. The number of esters is 1. The number of carbonyl (C=O) groups is 3. The molecule has 2 aromatic carbocycles. The number of anilines is 1. The molecule has 0 aliphatic carbocycles. The van der Waals surface area contributed by atoms with Crippen LogP contribution in [0.25, 0.3) is 0 Å². The van der Waals surface area contributed by atoms with Gasteiger partial charge in [-0.3, -0.25) is 9.59 Å². The van der Waals surface area contributed by atoms with Gasteiger partial charge in [-0.2, -0.15) is 4.31 Å². The Bertz CT molecular complexity index is 1210. The second-order valence-corrected chi connectivity index (χ2v) is 10.1. The highest BCUT2D eigenvalue weighted by Crippen LogP contribution is 2.31. The Kier molecular flexibility index (Phi) is 7.29. The fourth-order valence-corrected chi connectivity index (χ4v) is 5.81. The predicted octanol–water partition coefficient (Wildman–Crippen LogP) is 2.50. The Labute approximate surface area is 202 Å². The highest BCUT2D eigenvalue weighted by Gasteiger charge is 2.47. The van der Waals surface area contributed by atoms with E-state index in [1.54, 1.807) is 6.92 Å². The molecule has 0 N–H and O–H groups in total. The number of nitrogens with zero attached hydrogens (tertiary/aromatic N) is 2. The lowest BCUT2D eigenvalue weighted by Crippen LogP contribution is -2.48. The van der Waals surface area contributed by atoms with Crippen LogP contribution in [-0.4, -0.2) is 62.4 Å². The summed E-state index contributed by atoms with van der Waals surface area (Å²) in [6.45, 7) is 2.25. The van der Waals surface area contributed by atoms with Gasteiger partial charge in [0.05, 0.1) is 35.3 Å². The van der Waals surface area contributed by atoms with E-state index in [1.165, 1.54) is 24.3 Å². The Morgan fingerprint density at radius 3 is 2.43 bits per heavy atom. The lowest BCUT2D eigenvalue weighted by molar-refractivity contribution is -0.122. The molecular formula is C24H25FN2O7S. The Balaban J connectivity index is 1.64. The van der Waals surface area contributed by atoms with E-state index in [0.29, 0.717) is 13.0 Å². The standard InChI is InChI=1S/C24H25FN2O7S/c1-2-33-24(30)16-5-9-18(10-6-16)27-22(28)14-21(23(27)29)26(15-19-4-3-13-34-19)35(31,32)20-11-7-17(25)8-12-20/h5-12,19,21H,2-4,13-15H2,1H3. The van der Waals surface area contributed by atoms with Crippen molar-refractivity contribution in [2.24, 2.45) is 0 Å². The number of amides is 2. The summed E-state index contributed by atoms with van der Waals surface area (Å²) in [6.07, 6.45) is 0.589. The number of rotatable bonds is 8. The molecule has 2 aliphatic rings. The normalized spacial score (nSPS) is 20.6. The lowest BCUT2D eigenvalue weighted by Gasteiger charge is -2.29. The number of sulfonamides is 1. The summed E-state index contributed by atoms with van der Waals surface area (Å²) in [5, 5.41) is 0. The number of halogens is 1. The molecule has 186 valence electrons. The lowest BCUT2D eigenvalue weighted by atomic mass is 10.2. The summed E-state index contributed by atoms with van der Waals surface area (Å²) < 4.78 is 52.0. The highest BCUT2D eigenvalue weighted by atomic mass is 32.2. The van der Waals surface area contributed by atoms with Crippen molar-refractivity contribution >= 4 is 33.5 Å². The second-order valence-electron chi connectivity index (χ2n) is 8.22. The maximum absolute atomic E-state index is 13.5. The van der Waals surface area contributed by atoms with Crippen molar-refractivity contribution in [2.75, 3.05) is 24.7 Å². The summed E-state index contributed by atoms with van der Waals surface area (Å²) in [5.41, 5.74) is 0.469. The van der Waals surface area contributed by atoms with Gasteiger partial charge in [0.15, 0.2) is 0 Å². The third-order valence-corrected chi connectivity index (χ3v) is 7.82. The van der Waals surface area contributed by atoms with Crippen LogP contribution in [0, 0.1) is 5.82 Å². The van der Waals surface area contributed by atoms with Crippen LogP contribution in [0.2, 0.25) is 0 Å². The van der Waals surface area contributed by atoms with Crippen LogP contribution < -0.4 is 4.90 Å². The van der Waals surface area contributed by atoms with Gasteiger partial charge >= 0.3 is 5.97 Å². The molecule has 2 saturated heterocycles. The molecule has 2 aromatic rings. The van der Waals surface area contributed by atoms with Gasteiger partial charge in [0, 0.05) is 13.2 Å². The first kappa shape index (κ1) is 25.0. The molecule has 9 nitrogen and oxygen atoms in total. The molecule has 0 radical (unpaired) electrons. The van der Waals surface area contributed by atoms with Crippen molar-refractivity contribution in [2.45, 2.75) is 43.2 Å². The number of ether oxygens (including phenoxy) is 2. The van der Waals surface area contributed by atoms with E-state index in [9.17, 15) is 27.2 Å². The molecule has 4 rings (SSSR count). The largest absolute Gasteiger partial charge is 0.462 e. The summed E-state index contributed by atoms with van der Waals surface area (Å²) in [6, 6.07) is 8.74. The molecule has 11 heteroatoms. The minimum Gasteiger partial charge on any atom is -0.462 e. The van der Waals surface area contributed by atoms with E-state index in [-0.39, 0.29) is 35.7 Å². The average Bonchev–Trinajstić information content (AvgIpc) is 3.45. The SMILES string of the molecule is CCOC(=O)c1ccc(N2C(=O)CC(N(CC3CCCO3)S(=O)(=O)c3ccc(F)cc3)C2=O)cc1. The first-order valence-corrected chi connectivity index (χ1v) is 12.7. The van der Waals surface area contributed by atoms with E-state index >= 15 is 0 Å². The van der Waals surface area contributed by atoms with Gasteiger partial charge < -0.3 is 9.47 Å². The second kappa shape index (κ2) is 10.2. The zero-order valence-electron chi connectivity index (χ0n) is 19.1. The van der Waals surface area contributed by atoms with Crippen LogP contribution in [0.1, 0.15) is 36.5 Å². The van der Waals surface area contributed by atoms with Gasteiger partial charge in [0.1, 0.15) is 11.9 Å². The average molecular weight is 505 g/mol. The van der Waals surface area contributed by atoms with Crippen LogP contribution in [0.5, 0.6) is 0 Å². The van der Waals surface area contributed by atoms with E-state index < -0.39 is 45.8 Å². The van der Waals surface area contributed by atoms with Crippen molar-refractivity contribution in [3.63, 3.8) is 0 Å². The summed E-state index contributed by atoms with van der Waals surface area (Å²) in [7, 11) is -4.25. The van der Waals surface area contributed by atoms with Gasteiger partial charge in [-0.1, -0.05) is 0 Å². The highest BCUT2D eigenvalue weighted by molar-refractivity contribution is 7.89. The van der Waals surface area contributed by atoms with Crippen molar-refractivity contribution in [3.05, 3.63) is 59.9 Å². The number of hydrogen-bond acceptors (Lipinski definition) is 7. The van der Waals surface area contributed by atoms with Crippen molar-refractivity contribution in [1.29, 1.82) is 0 Å². The third-order valence-electron chi connectivity index (χ3n) is 5.93. The van der Waals surface area contributed by atoms with Gasteiger partial charge in [0.25, 0.3) is 5.91 Å². The Morgan fingerprint density at radius 1 is 1.14 bits per heavy atom. The number of benzene rings is 2. The molecule has 2 fully saturated rings. The molecule has 2 aliphatic heterocycles. The van der Waals surface area contributed by atoms with Gasteiger partial charge in [-0.25, -0.2) is 22.5 Å². The topological polar surface area (TPSA) is 110 Å². The predicted molar refractivity (Wildman–Crippen MR) is 123 cm³/mol. The van der Waals surface area contributed by atoms with E-state index in [1.807, 2.05) is 0 Å². The number of carbonyl (C=O) groups excluding carboxylic acids is 3. The molecule has 35 heavy (non-hydrogen) atoms. The van der Waals surface area contributed by atoms with Crippen LogP contribution in [0.4, 0.5) is 10.1 Å². The molecule has 0 bridgehead atoms. The first-order valence-electron chi connectivity index (χ1n) is 11.3. The molecule has 2 atom stereocenters. The molecule has 0 aromatic heterocycles. The van der Waals surface area contributed by atoms with Crippen molar-refractivity contribution in [1.82, 2.24) is 4.31 Å². The molecule has 2 heterocycles. The van der Waals surface area contributed by atoms with Crippen molar-refractivity contribution < 1.29 is 36.7 Å². The minimum atomic E-state index is -4.25. The minimum absolute atomic E-state index is 0.112. The molecule has 2 amide bonds. The fourth-order valence-electron chi connectivity index (χ4n) is 4.20. The van der Waals surface area contributed by atoms with Gasteiger partial charge in [-0.05, 0) is 68.3 Å². The fraction of sp³-hybridized carbons (Fsp3) is 0.375. The summed E-state index contributed by atoms with van der Waals surface area (Å²) in [5.74, 6) is -2.42. The van der Waals surface area contributed by atoms with E-state index in [4.69, 9.17) is 9.47 Å². The summed E-state index contributed by atoms with van der Waals surface area (Å²) >= 11 is 0. The zero-order valence-corrected chi connectivity index (χ0v) is 19.9. The monoisotopic (exact) mass is 504 g/mol. The summed E-state index contributed by atoms with van der Waals surface area (Å²) in [4.78, 5) is 38.9. The maximum Gasteiger partial charge on any atom is 0.338 e. The molecule has 0 spiro atoms. The van der Waals surface area contributed by atoms with Crippen LogP contribution >= 0.6 is 0 Å². The smallest absolute Gasteiger partial charge is 0.338 e. The van der Waals surface area contributed by atoms with Crippen LogP contribution in [-0.2, 0) is 29.1 Å². The Morgan fingerprint density at radius 2 is 1.83 bits per heavy atom. The van der Waals surface area contributed by atoms with Gasteiger partial charge in [-0.15, -0.1) is 0 Å². The number of hydrogen-bond donors (Lipinski definition) is 0. The Hall–Kier alpha value is -3.15. The molecule has 2 unspecified atom stereocenters. The van der Waals surface area contributed by atoms with Gasteiger partial charge in [0.2, 0.25) is 15.9 Å². The van der Waals surface area contributed by atoms with Crippen LogP contribution in [0.15, 0.2) is 53.4 Å². The quantitative estimate of drug-likeness (QED) is 0.401. The van der Waals surface area contributed by atoms with Crippen molar-refractivity contribution in [3.8, 4) is 0 Å². The van der Waals surface area contributed by atoms with E-state index in [2.05, 4.69) is 0 Å². The maximum atomic E-state index is 13.5. The number of imide groups is 1.